The highest BCUT2D eigenvalue weighted by Gasteiger charge is 2.50. The molecule has 0 N–H and O–H groups in total. The Hall–Kier alpha value is -2.89. The molecule has 0 heterocycles. The average molecular weight is 488 g/mol. The van der Waals surface area contributed by atoms with Crippen molar-refractivity contribution in [3.05, 3.63) is 107 Å². The van der Waals surface area contributed by atoms with Crippen LogP contribution in [0.4, 0.5) is 0 Å². The molecule has 0 fully saturated rings. The molecule has 3 aromatic rings. The number of hydrogen-bond donors (Lipinski definition) is 0. The molecule has 0 spiro atoms. The van der Waals surface area contributed by atoms with Gasteiger partial charge in [-0.15, -0.1) is 0 Å². The van der Waals surface area contributed by atoms with E-state index in [-0.39, 0.29) is 17.0 Å². The SMILES string of the molecule is C[C@H](CO[Si](c1ccccc1)(c1ccccc1)C(C)(C)C)[C@@H](CCOCc1ccccc1)N=[N+]=[N-]. The summed E-state index contributed by atoms with van der Waals surface area (Å²) in [5.74, 6) is 0.0490. The minimum Gasteiger partial charge on any atom is -0.407 e. The lowest BCUT2D eigenvalue weighted by molar-refractivity contribution is 0.105. The van der Waals surface area contributed by atoms with Crippen molar-refractivity contribution in [2.24, 2.45) is 11.0 Å². The molecular weight excluding hydrogens is 450 g/mol. The van der Waals surface area contributed by atoms with Gasteiger partial charge in [-0.3, -0.25) is 0 Å². The van der Waals surface area contributed by atoms with Gasteiger partial charge in [0.15, 0.2) is 0 Å². The highest BCUT2D eigenvalue weighted by Crippen LogP contribution is 2.37. The molecule has 0 aliphatic rings. The summed E-state index contributed by atoms with van der Waals surface area (Å²) in [4.78, 5) is 3.13. The normalized spacial score (nSPS) is 13.6. The molecule has 0 aromatic heterocycles. The zero-order valence-electron chi connectivity index (χ0n) is 21.3. The molecule has 0 saturated heterocycles. The van der Waals surface area contributed by atoms with Crippen molar-refractivity contribution in [1.82, 2.24) is 0 Å². The van der Waals surface area contributed by atoms with E-state index < -0.39 is 8.32 Å². The number of nitrogens with zero attached hydrogens (tertiary/aromatic N) is 3. The summed E-state index contributed by atoms with van der Waals surface area (Å²) in [5.41, 5.74) is 10.4. The standard InChI is InChI=1S/C29H37N3O2Si/c1-24(28(31-32-30)20-21-33-23-25-14-8-5-9-15-25)22-34-35(29(2,3)4,26-16-10-6-11-17-26)27-18-12-7-13-19-27/h5-19,24,28H,20-23H2,1-4H3/t24-,28-/m1/s1. The summed E-state index contributed by atoms with van der Waals surface area (Å²) >= 11 is 0. The molecule has 184 valence electrons. The predicted octanol–water partition coefficient (Wildman–Crippen LogP) is 6.48. The molecule has 0 bridgehead atoms. The van der Waals surface area contributed by atoms with Crippen LogP contribution in [0.3, 0.4) is 0 Å². The third kappa shape index (κ3) is 6.83. The lowest BCUT2D eigenvalue weighted by Crippen LogP contribution is -2.67. The van der Waals surface area contributed by atoms with Gasteiger partial charge in [0.2, 0.25) is 0 Å². The number of rotatable bonds is 12. The molecule has 0 radical (unpaired) electrons. The summed E-state index contributed by atoms with van der Waals surface area (Å²) < 4.78 is 12.9. The first-order chi connectivity index (χ1) is 16.9. The Morgan fingerprint density at radius 2 is 1.37 bits per heavy atom. The summed E-state index contributed by atoms with van der Waals surface area (Å²) in [5, 5.41) is 6.51. The van der Waals surface area contributed by atoms with Crippen LogP contribution in [-0.4, -0.2) is 27.6 Å². The molecule has 0 aliphatic heterocycles. The Balaban J connectivity index is 1.76. The Morgan fingerprint density at radius 1 is 0.857 bits per heavy atom. The molecule has 0 saturated carbocycles. The second-order valence-electron chi connectivity index (χ2n) is 10.1. The maximum atomic E-state index is 9.22. The Kier molecular flexibility index (Phi) is 9.70. The third-order valence-corrected chi connectivity index (χ3v) is 11.5. The second kappa shape index (κ2) is 12.7. The first-order valence-corrected chi connectivity index (χ1v) is 14.2. The van der Waals surface area contributed by atoms with E-state index >= 15 is 0 Å². The van der Waals surface area contributed by atoms with Crippen LogP contribution in [0.1, 0.15) is 39.7 Å². The van der Waals surface area contributed by atoms with E-state index in [0.717, 1.165) is 5.56 Å². The van der Waals surface area contributed by atoms with Crippen molar-refractivity contribution in [2.75, 3.05) is 13.2 Å². The van der Waals surface area contributed by atoms with Crippen LogP contribution in [0.25, 0.3) is 10.4 Å². The number of hydrogen-bond acceptors (Lipinski definition) is 3. The van der Waals surface area contributed by atoms with Crippen LogP contribution in [0, 0.1) is 5.92 Å². The maximum Gasteiger partial charge on any atom is 0.261 e. The van der Waals surface area contributed by atoms with Crippen LogP contribution in [0.5, 0.6) is 0 Å². The molecule has 0 aliphatic carbocycles. The molecular formula is C29H37N3O2Si. The molecule has 0 unspecified atom stereocenters. The van der Waals surface area contributed by atoms with Gasteiger partial charge in [-0.05, 0) is 38.8 Å². The first kappa shape index (κ1) is 26.7. The van der Waals surface area contributed by atoms with Gasteiger partial charge in [0.25, 0.3) is 8.32 Å². The number of ether oxygens (including phenoxy) is 1. The average Bonchev–Trinajstić information content (AvgIpc) is 2.87. The highest BCUT2D eigenvalue weighted by atomic mass is 28.4. The van der Waals surface area contributed by atoms with Crippen LogP contribution >= 0.6 is 0 Å². The van der Waals surface area contributed by atoms with Gasteiger partial charge >= 0.3 is 0 Å². The van der Waals surface area contributed by atoms with Crippen molar-refractivity contribution in [2.45, 2.75) is 51.8 Å². The van der Waals surface area contributed by atoms with Crippen molar-refractivity contribution < 1.29 is 9.16 Å². The number of azide groups is 1. The van der Waals surface area contributed by atoms with Crippen LogP contribution < -0.4 is 10.4 Å². The Labute approximate surface area is 210 Å². The van der Waals surface area contributed by atoms with Crippen molar-refractivity contribution >= 4 is 18.7 Å². The first-order valence-electron chi connectivity index (χ1n) is 12.3. The van der Waals surface area contributed by atoms with Crippen molar-refractivity contribution in [3.63, 3.8) is 0 Å². The fourth-order valence-corrected chi connectivity index (χ4v) is 9.29. The molecule has 6 heteroatoms. The van der Waals surface area contributed by atoms with Gasteiger partial charge < -0.3 is 9.16 Å². The van der Waals surface area contributed by atoms with Crippen LogP contribution in [-0.2, 0) is 15.8 Å². The van der Waals surface area contributed by atoms with Crippen molar-refractivity contribution in [1.29, 1.82) is 0 Å². The van der Waals surface area contributed by atoms with Crippen molar-refractivity contribution in [3.8, 4) is 0 Å². The summed E-state index contributed by atoms with van der Waals surface area (Å²) in [7, 11) is -2.63. The lowest BCUT2D eigenvalue weighted by Gasteiger charge is -2.43. The molecule has 2 atom stereocenters. The summed E-state index contributed by atoms with van der Waals surface area (Å²) in [6.07, 6.45) is 0.655. The Bertz CT molecular complexity index is 1030. The smallest absolute Gasteiger partial charge is 0.261 e. The highest BCUT2D eigenvalue weighted by molar-refractivity contribution is 6.99. The topological polar surface area (TPSA) is 67.2 Å². The second-order valence-corrected chi connectivity index (χ2v) is 14.4. The van der Waals surface area contributed by atoms with E-state index in [1.54, 1.807) is 0 Å². The van der Waals surface area contributed by atoms with Crippen LogP contribution in [0.2, 0.25) is 5.04 Å². The quantitative estimate of drug-likeness (QED) is 0.0964. The zero-order chi connectivity index (χ0) is 25.2. The molecule has 35 heavy (non-hydrogen) atoms. The number of benzene rings is 3. The van der Waals surface area contributed by atoms with Gasteiger partial charge in [-0.2, -0.15) is 0 Å². The molecule has 5 nitrogen and oxygen atoms in total. The summed E-state index contributed by atoms with van der Waals surface area (Å²) in [6, 6.07) is 31.1. The van der Waals surface area contributed by atoms with E-state index in [0.29, 0.717) is 26.2 Å². The fourth-order valence-electron chi connectivity index (χ4n) is 4.62. The molecule has 0 amide bonds. The van der Waals surface area contributed by atoms with E-state index in [1.807, 2.05) is 42.5 Å². The van der Waals surface area contributed by atoms with Crippen LogP contribution in [0.15, 0.2) is 96.1 Å². The van der Waals surface area contributed by atoms with E-state index in [4.69, 9.17) is 9.16 Å². The minimum absolute atomic E-state index is 0.0490. The predicted molar refractivity (Wildman–Crippen MR) is 146 cm³/mol. The molecule has 3 aromatic carbocycles. The third-order valence-electron chi connectivity index (χ3n) is 6.51. The maximum absolute atomic E-state index is 9.22. The largest absolute Gasteiger partial charge is 0.407 e. The molecule has 3 rings (SSSR count). The van der Waals surface area contributed by atoms with Gasteiger partial charge in [-0.25, -0.2) is 0 Å². The summed E-state index contributed by atoms with van der Waals surface area (Å²) in [6.45, 7) is 10.5. The Morgan fingerprint density at radius 3 is 1.86 bits per heavy atom. The van der Waals surface area contributed by atoms with E-state index in [1.165, 1.54) is 10.4 Å². The van der Waals surface area contributed by atoms with E-state index in [2.05, 4.69) is 86.3 Å². The monoisotopic (exact) mass is 487 g/mol. The minimum atomic E-state index is -2.63. The lowest BCUT2D eigenvalue weighted by atomic mass is 10.0. The van der Waals surface area contributed by atoms with Gasteiger partial charge in [0.05, 0.1) is 6.61 Å². The zero-order valence-corrected chi connectivity index (χ0v) is 22.3. The fraction of sp³-hybridized carbons (Fsp3) is 0.379. The van der Waals surface area contributed by atoms with Gasteiger partial charge in [0.1, 0.15) is 0 Å². The van der Waals surface area contributed by atoms with E-state index in [9.17, 15) is 5.53 Å². The van der Waals surface area contributed by atoms with Gasteiger partial charge in [-0.1, -0.05) is 124 Å². The van der Waals surface area contributed by atoms with Gasteiger partial charge in [0, 0.05) is 24.2 Å².